The minimum atomic E-state index is -3.92. The third-order valence-corrected chi connectivity index (χ3v) is 4.54. The Morgan fingerprint density at radius 1 is 1.47 bits per heavy atom. The number of nitrogens with zero attached hydrogens (tertiary/aromatic N) is 1. The number of sulfonamides is 1. The Bertz CT molecular complexity index is 575. The Morgan fingerprint density at radius 2 is 2.11 bits per heavy atom. The van der Waals surface area contributed by atoms with Crippen LogP contribution in [0.5, 0.6) is 0 Å². The average molecular weight is 289 g/mol. The molecule has 0 fully saturated rings. The Morgan fingerprint density at radius 3 is 2.58 bits per heavy atom. The number of amides is 1. The first-order valence-corrected chi connectivity index (χ1v) is 7.02. The van der Waals surface area contributed by atoms with E-state index in [2.05, 4.69) is 5.32 Å². The van der Waals surface area contributed by atoms with E-state index in [0.29, 0.717) is 0 Å². The lowest BCUT2D eigenvalue weighted by Crippen LogP contribution is -2.39. The second-order valence-corrected chi connectivity index (χ2v) is 5.69. The second-order valence-electron chi connectivity index (χ2n) is 3.79. The molecular formula is C11H16FN3O3S. The van der Waals surface area contributed by atoms with Gasteiger partial charge in [-0.15, -0.1) is 0 Å². The zero-order valence-corrected chi connectivity index (χ0v) is 11.5. The normalized spacial score (nSPS) is 11.6. The van der Waals surface area contributed by atoms with Gasteiger partial charge < -0.3 is 11.1 Å². The summed E-state index contributed by atoms with van der Waals surface area (Å²) in [5.41, 5.74) is 5.33. The van der Waals surface area contributed by atoms with Crippen molar-refractivity contribution in [3.8, 4) is 0 Å². The van der Waals surface area contributed by atoms with E-state index in [9.17, 15) is 17.6 Å². The van der Waals surface area contributed by atoms with Crippen molar-refractivity contribution in [2.24, 2.45) is 0 Å². The van der Waals surface area contributed by atoms with Gasteiger partial charge in [-0.2, -0.15) is 4.31 Å². The maximum atomic E-state index is 12.9. The molecule has 106 valence electrons. The number of benzene rings is 1. The molecule has 1 amide bonds. The van der Waals surface area contributed by atoms with Crippen molar-refractivity contribution < 1.29 is 17.6 Å². The lowest BCUT2D eigenvalue weighted by atomic mass is 10.3. The molecule has 6 nitrogen and oxygen atoms in total. The SMILES string of the molecule is CCN(CC(=O)NC)S(=O)(=O)c1ccc(F)cc1N. The Labute approximate surface area is 111 Å². The molecule has 19 heavy (non-hydrogen) atoms. The van der Waals surface area contributed by atoms with Crippen LogP contribution in [0.3, 0.4) is 0 Å². The lowest BCUT2D eigenvalue weighted by molar-refractivity contribution is -0.120. The fraction of sp³-hybridized carbons (Fsp3) is 0.364. The largest absolute Gasteiger partial charge is 0.398 e. The Balaban J connectivity index is 3.17. The molecule has 1 aromatic rings. The summed E-state index contributed by atoms with van der Waals surface area (Å²) >= 11 is 0. The topological polar surface area (TPSA) is 92.5 Å². The van der Waals surface area contributed by atoms with Gasteiger partial charge in [0.25, 0.3) is 0 Å². The van der Waals surface area contributed by atoms with Crippen molar-refractivity contribution in [3.05, 3.63) is 24.0 Å². The van der Waals surface area contributed by atoms with Crippen molar-refractivity contribution in [2.45, 2.75) is 11.8 Å². The number of anilines is 1. The molecule has 1 rings (SSSR count). The summed E-state index contributed by atoms with van der Waals surface area (Å²) < 4.78 is 38.5. The molecule has 0 atom stereocenters. The zero-order valence-electron chi connectivity index (χ0n) is 10.7. The van der Waals surface area contributed by atoms with Crippen LogP contribution in [0.4, 0.5) is 10.1 Å². The first-order valence-electron chi connectivity index (χ1n) is 5.58. The fourth-order valence-corrected chi connectivity index (χ4v) is 3.00. The van der Waals surface area contributed by atoms with Crippen LogP contribution < -0.4 is 11.1 Å². The van der Waals surface area contributed by atoms with Crippen LogP contribution in [0.1, 0.15) is 6.92 Å². The molecule has 3 N–H and O–H groups in total. The van der Waals surface area contributed by atoms with E-state index in [4.69, 9.17) is 5.73 Å². The molecule has 0 aliphatic carbocycles. The summed E-state index contributed by atoms with van der Waals surface area (Å²) in [4.78, 5) is 11.1. The van der Waals surface area contributed by atoms with Crippen LogP contribution in [0.25, 0.3) is 0 Å². The summed E-state index contributed by atoms with van der Waals surface area (Å²) in [6, 6.07) is 3.03. The molecule has 0 saturated carbocycles. The standard InChI is InChI=1S/C11H16FN3O3S/c1-3-15(7-11(16)14-2)19(17,18)10-5-4-8(12)6-9(10)13/h4-6H,3,7,13H2,1-2H3,(H,14,16). The number of hydrogen-bond acceptors (Lipinski definition) is 4. The number of nitrogens with two attached hydrogens (primary N) is 1. The molecule has 1 aromatic carbocycles. The van der Waals surface area contributed by atoms with Gasteiger partial charge in [-0.25, -0.2) is 12.8 Å². The lowest BCUT2D eigenvalue weighted by Gasteiger charge is -2.20. The monoisotopic (exact) mass is 289 g/mol. The highest BCUT2D eigenvalue weighted by Gasteiger charge is 2.26. The van der Waals surface area contributed by atoms with Gasteiger partial charge in [-0.3, -0.25) is 4.79 Å². The molecule has 0 aliphatic heterocycles. The maximum Gasteiger partial charge on any atom is 0.245 e. The molecule has 0 spiro atoms. The summed E-state index contributed by atoms with van der Waals surface area (Å²) in [5, 5.41) is 2.34. The average Bonchev–Trinajstić information content (AvgIpc) is 2.34. The summed E-state index contributed by atoms with van der Waals surface area (Å²) in [6.07, 6.45) is 0. The number of halogens is 1. The number of carbonyl (C=O) groups excluding carboxylic acids is 1. The zero-order chi connectivity index (χ0) is 14.6. The highest BCUT2D eigenvalue weighted by Crippen LogP contribution is 2.22. The molecular weight excluding hydrogens is 273 g/mol. The van der Waals surface area contributed by atoms with Gasteiger partial charge in [0.2, 0.25) is 15.9 Å². The molecule has 0 unspecified atom stereocenters. The fourth-order valence-electron chi connectivity index (χ4n) is 1.50. The molecule has 0 radical (unpaired) electrons. The van der Waals surface area contributed by atoms with Gasteiger partial charge in [0.05, 0.1) is 12.2 Å². The van der Waals surface area contributed by atoms with Crippen LogP contribution in [0, 0.1) is 5.82 Å². The van der Waals surface area contributed by atoms with E-state index in [1.807, 2.05) is 0 Å². The van der Waals surface area contributed by atoms with E-state index in [1.165, 1.54) is 7.05 Å². The smallest absolute Gasteiger partial charge is 0.245 e. The number of likely N-dealkylation sites (N-methyl/N-ethyl adjacent to an activating group) is 2. The quantitative estimate of drug-likeness (QED) is 0.755. The van der Waals surface area contributed by atoms with Crippen LogP contribution in [0.2, 0.25) is 0 Å². The van der Waals surface area contributed by atoms with E-state index >= 15 is 0 Å². The van der Waals surface area contributed by atoms with Crippen LogP contribution in [0.15, 0.2) is 23.1 Å². The van der Waals surface area contributed by atoms with E-state index in [0.717, 1.165) is 22.5 Å². The van der Waals surface area contributed by atoms with E-state index in [1.54, 1.807) is 6.92 Å². The molecule has 8 heteroatoms. The maximum absolute atomic E-state index is 12.9. The summed E-state index contributed by atoms with van der Waals surface area (Å²) in [7, 11) is -2.51. The van der Waals surface area contributed by atoms with Crippen LogP contribution in [-0.4, -0.2) is 38.8 Å². The van der Waals surface area contributed by atoms with Gasteiger partial charge in [0.1, 0.15) is 10.7 Å². The molecule has 0 aromatic heterocycles. The van der Waals surface area contributed by atoms with Crippen molar-refractivity contribution in [2.75, 3.05) is 25.9 Å². The minimum Gasteiger partial charge on any atom is -0.398 e. The summed E-state index contributed by atoms with van der Waals surface area (Å²) in [6.45, 7) is 1.39. The highest BCUT2D eigenvalue weighted by atomic mass is 32.2. The van der Waals surface area contributed by atoms with E-state index in [-0.39, 0.29) is 23.7 Å². The van der Waals surface area contributed by atoms with E-state index < -0.39 is 21.7 Å². The van der Waals surface area contributed by atoms with Gasteiger partial charge in [-0.05, 0) is 18.2 Å². The summed E-state index contributed by atoms with van der Waals surface area (Å²) in [5.74, 6) is -1.06. The number of hydrogen-bond donors (Lipinski definition) is 2. The molecule has 0 bridgehead atoms. The Hall–Kier alpha value is -1.67. The van der Waals surface area contributed by atoms with Crippen molar-refractivity contribution >= 4 is 21.6 Å². The van der Waals surface area contributed by atoms with Crippen LogP contribution in [-0.2, 0) is 14.8 Å². The first kappa shape index (κ1) is 15.4. The molecule has 0 heterocycles. The first-order chi connectivity index (χ1) is 8.82. The number of carbonyl (C=O) groups is 1. The minimum absolute atomic E-state index is 0.104. The predicted octanol–water partition coefficient (Wildman–Crippen LogP) is 0.165. The third-order valence-electron chi connectivity index (χ3n) is 2.54. The molecule has 0 saturated heterocycles. The highest BCUT2D eigenvalue weighted by molar-refractivity contribution is 7.89. The number of rotatable bonds is 5. The van der Waals surface area contributed by atoms with Gasteiger partial charge in [-0.1, -0.05) is 6.92 Å². The van der Waals surface area contributed by atoms with Gasteiger partial charge in [0, 0.05) is 13.6 Å². The van der Waals surface area contributed by atoms with Gasteiger partial charge in [0.15, 0.2) is 0 Å². The second kappa shape index (κ2) is 5.98. The van der Waals surface area contributed by atoms with Crippen molar-refractivity contribution in [1.82, 2.24) is 9.62 Å². The van der Waals surface area contributed by atoms with Crippen molar-refractivity contribution in [1.29, 1.82) is 0 Å². The predicted molar refractivity (Wildman–Crippen MR) is 69.3 cm³/mol. The molecule has 0 aliphatic rings. The number of nitrogens with one attached hydrogen (secondary N) is 1. The van der Waals surface area contributed by atoms with Gasteiger partial charge >= 0.3 is 0 Å². The third kappa shape index (κ3) is 3.42. The number of nitrogen functional groups attached to an aromatic ring is 1. The van der Waals surface area contributed by atoms with Crippen molar-refractivity contribution in [3.63, 3.8) is 0 Å². The Kier molecular flexibility index (Phi) is 4.84. The van der Waals surface area contributed by atoms with Crippen LogP contribution >= 0.6 is 0 Å².